The first-order valence-corrected chi connectivity index (χ1v) is 7.04. The topological polar surface area (TPSA) is 75.9 Å². The molecule has 0 atom stereocenters. The third kappa shape index (κ3) is 3.34. The zero-order valence-corrected chi connectivity index (χ0v) is 12.8. The lowest BCUT2D eigenvalue weighted by Gasteiger charge is -2.12. The Bertz CT molecular complexity index is 796. The van der Waals surface area contributed by atoms with Crippen molar-refractivity contribution in [1.82, 2.24) is 19.7 Å². The third-order valence-electron chi connectivity index (χ3n) is 3.21. The van der Waals surface area contributed by atoms with Crippen LogP contribution in [0.4, 0.5) is 11.5 Å². The van der Waals surface area contributed by atoms with Crippen molar-refractivity contribution in [3.8, 4) is 5.82 Å². The van der Waals surface area contributed by atoms with Gasteiger partial charge in [-0.15, -0.1) is 0 Å². The number of carbonyl (C=O) groups is 1. The Hall–Kier alpha value is -3.22. The summed E-state index contributed by atoms with van der Waals surface area (Å²) in [6.45, 7) is 0. The number of rotatable bonds is 4. The van der Waals surface area contributed by atoms with Gasteiger partial charge in [-0.2, -0.15) is 5.10 Å². The summed E-state index contributed by atoms with van der Waals surface area (Å²) in [4.78, 5) is 22.6. The van der Waals surface area contributed by atoms with E-state index in [0.717, 1.165) is 5.82 Å². The van der Waals surface area contributed by atoms with Crippen LogP contribution in [0.5, 0.6) is 0 Å². The fourth-order valence-corrected chi connectivity index (χ4v) is 2.01. The first-order chi connectivity index (χ1) is 11.1. The SMILES string of the molecule is CN(C)c1cc(C(=O)Nc2ccc(-n3cccn3)nc2)ccn1. The molecule has 0 spiro atoms. The molecule has 0 bridgehead atoms. The van der Waals surface area contributed by atoms with Crippen molar-refractivity contribution in [3.05, 3.63) is 60.7 Å². The van der Waals surface area contributed by atoms with E-state index in [1.165, 1.54) is 0 Å². The van der Waals surface area contributed by atoms with Gasteiger partial charge < -0.3 is 10.2 Å². The molecule has 116 valence electrons. The second-order valence-corrected chi connectivity index (χ2v) is 5.11. The van der Waals surface area contributed by atoms with Crippen LogP contribution in [0.3, 0.4) is 0 Å². The van der Waals surface area contributed by atoms with Crippen LogP contribution in [0, 0.1) is 0 Å². The quantitative estimate of drug-likeness (QED) is 0.797. The highest BCUT2D eigenvalue weighted by Crippen LogP contribution is 2.13. The van der Waals surface area contributed by atoms with E-state index in [9.17, 15) is 4.79 Å². The van der Waals surface area contributed by atoms with Crippen molar-refractivity contribution >= 4 is 17.4 Å². The lowest BCUT2D eigenvalue weighted by molar-refractivity contribution is 0.102. The molecule has 3 aromatic rings. The Kier molecular flexibility index (Phi) is 4.01. The molecule has 0 fully saturated rings. The van der Waals surface area contributed by atoms with Crippen molar-refractivity contribution in [2.24, 2.45) is 0 Å². The Morgan fingerprint density at radius 3 is 2.70 bits per heavy atom. The molecule has 1 N–H and O–H groups in total. The first-order valence-electron chi connectivity index (χ1n) is 7.04. The van der Waals surface area contributed by atoms with E-state index in [4.69, 9.17) is 0 Å². The second-order valence-electron chi connectivity index (χ2n) is 5.11. The van der Waals surface area contributed by atoms with Gasteiger partial charge in [-0.1, -0.05) is 0 Å². The predicted molar refractivity (Wildman–Crippen MR) is 87.9 cm³/mol. The van der Waals surface area contributed by atoms with Crippen LogP contribution >= 0.6 is 0 Å². The standard InChI is InChI=1S/C16H16N6O/c1-21(2)15-10-12(6-8-17-15)16(23)20-13-4-5-14(18-11-13)22-9-3-7-19-22/h3-11H,1-2H3,(H,20,23). The number of carbonyl (C=O) groups excluding carboxylic acids is 1. The van der Waals surface area contributed by atoms with E-state index in [1.807, 2.05) is 25.1 Å². The van der Waals surface area contributed by atoms with Crippen LogP contribution < -0.4 is 10.2 Å². The lowest BCUT2D eigenvalue weighted by Crippen LogP contribution is -2.15. The Balaban J connectivity index is 1.74. The Morgan fingerprint density at radius 1 is 1.17 bits per heavy atom. The summed E-state index contributed by atoms with van der Waals surface area (Å²) in [6.07, 6.45) is 6.70. The lowest BCUT2D eigenvalue weighted by atomic mass is 10.2. The summed E-state index contributed by atoms with van der Waals surface area (Å²) in [5.41, 5.74) is 1.16. The largest absolute Gasteiger partial charge is 0.363 e. The van der Waals surface area contributed by atoms with Crippen LogP contribution in [0.1, 0.15) is 10.4 Å². The molecule has 0 saturated heterocycles. The number of aromatic nitrogens is 4. The van der Waals surface area contributed by atoms with Gasteiger partial charge in [-0.3, -0.25) is 4.79 Å². The minimum atomic E-state index is -0.205. The van der Waals surface area contributed by atoms with E-state index in [1.54, 1.807) is 53.7 Å². The smallest absolute Gasteiger partial charge is 0.255 e. The average molecular weight is 308 g/mol. The highest BCUT2D eigenvalue weighted by atomic mass is 16.1. The molecule has 3 heterocycles. The van der Waals surface area contributed by atoms with Gasteiger partial charge in [0.1, 0.15) is 5.82 Å². The van der Waals surface area contributed by atoms with Crippen LogP contribution in [-0.4, -0.2) is 39.8 Å². The summed E-state index contributed by atoms with van der Waals surface area (Å²) >= 11 is 0. The fourth-order valence-electron chi connectivity index (χ4n) is 2.01. The minimum absolute atomic E-state index is 0.205. The molecule has 0 unspecified atom stereocenters. The van der Waals surface area contributed by atoms with E-state index in [-0.39, 0.29) is 5.91 Å². The molecule has 0 aliphatic carbocycles. The molecule has 23 heavy (non-hydrogen) atoms. The maximum absolute atomic E-state index is 12.3. The zero-order chi connectivity index (χ0) is 16.2. The summed E-state index contributed by atoms with van der Waals surface area (Å²) in [7, 11) is 3.75. The van der Waals surface area contributed by atoms with Gasteiger partial charge >= 0.3 is 0 Å². The van der Waals surface area contributed by atoms with Gasteiger partial charge in [-0.25, -0.2) is 14.6 Å². The normalized spacial score (nSPS) is 10.3. The van der Waals surface area contributed by atoms with Gasteiger partial charge in [-0.05, 0) is 30.3 Å². The van der Waals surface area contributed by atoms with E-state index in [2.05, 4.69) is 20.4 Å². The minimum Gasteiger partial charge on any atom is -0.363 e. The van der Waals surface area contributed by atoms with Crippen molar-refractivity contribution in [2.75, 3.05) is 24.3 Å². The van der Waals surface area contributed by atoms with Crippen molar-refractivity contribution < 1.29 is 4.79 Å². The van der Waals surface area contributed by atoms with Crippen molar-refractivity contribution in [2.45, 2.75) is 0 Å². The molecule has 1 amide bonds. The first kappa shape index (κ1) is 14.7. The molecule has 7 heteroatoms. The molecule has 0 saturated carbocycles. The van der Waals surface area contributed by atoms with Crippen LogP contribution in [-0.2, 0) is 0 Å². The summed E-state index contributed by atoms with van der Waals surface area (Å²) < 4.78 is 1.65. The molecule has 0 aliphatic rings. The van der Waals surface area contributed by atoms with Crippen LogP contribution in [0.2, 0.25) is 0 Å². The average Bonchev–Trinajstić information content (AvgIpc) is 3.10. The number of pyridine rings is 2. The molecule has 0 aromatic carbocycles. The van der Waals surface area contributed by atoms with Crippen LogP contribution in [0.25, 0.3) is 5.82 Å². The van der Waals surface area contributed by atoms with Gasteiger partial charge in [0.05, 0.1) is 11.9 Å². The Morgan fingerprint density at radius 2 is 2.04 bits per heavy atom. The summed E-state index contributed by atoms with van der Waals surface area (Å²) in [5, 5.41) is 6.93. The summed E-state index contributed by atoms with van der Waals surface area (Å²) in [5.74, 6) is 1.21. The van der Waals surface area contributed by atoms with E-state index < -0.39 is 0 Å². The second kappa shape index (κ2) is 6.27. The number of hydrogen-bond acceptors (Lipinski definition) is 5. The molecular weight excluding hydrogens is 292 g/mol. The van der Waals surface area contributed by atoms with Gasteiger partial charge in [0.25, 0.3) is 5.91 Å². The number of hydrogen-bond donors (Lipinski definition) is 1. The van der Waals surface area contributed by atoms with Crippen molar-refractivity contribution in [1.29, 1.82) is 0 Å². The zero-order valence-electron chi connectivity index (χ0n) is 12.8. The molecule has 0 aliphatic heterocycles. The predicted octanol–water partition coefficient (Wildman–Crippen LogP) is 1.98. The van der Waals surface area contributed by atoms with E-state index in [0.29, 0.717) is 17.1 Å². The third-order valence-corrected chi connectivity index (χ3v) is 3.21. The van der Waals surface area contributed by atoms with Gasteiger partial charge in [0, 0.05) is 38.2 Å². The maximum Gasteiger partial charge on any atom is 0.255 e. The molecule has 7 nitrogen and oxygen atoms in total. The maximum atomic E-state index is 12.3. The highest BCUT2D eigenvalue weighted by molar-refractivity contribution is 6.04. The van der Waals surface area contributed by atoms with Crippen molar-refractivity contribution in [3.63, 3.8) is 0 Å². The summed E-state index contributed by atoms with van der Waals surface area (Å²) in [6, 6.07) is 8.81. The number of nitrogens with zero attached hydrogens (tertiary/aromatic N) is 5. The molecular formula is C16H16N6O. The Labute approximate surface area is 133 Å². The molecule has 0 radical (unpaired) electrons. The number of amides is 1. The monoisotopic (exact) mass is 308 g/mol. The molecule has 3 aromatic heterocycles. The van der Waals surface area contributed by atoms with Gasteiger partial charge in [0.2, 0.25) is 0 Å². The molecule has 3 rings (SSSR count). The van der Waals surface area contributed by atoms with Crippen LogP contribution in [0.15, 0.2) is 55.1 Å². The number of anilines is 2. The fraction of sp³-hybridized carbons (Fsp3) is 0.125. The van der Waals surface area contributed by atoms with E-state index >= 15 is 0 Å². The highest BCUT2D eigenvalue weighted by Gasteiger charge is 2.09. The number of nitrogens with one attached hydrogen (secondary N) is 1. The van der Waals surface area contributed by atoms with Gasteiger partial charge in [0.15, 0.2) is 5.82 Å².